The lowest BCUT2D eigenvalue weighted by atomic mass is 10.0. The first kappa shape index (κ1) is 33.3. The molecule has 1 heterocycles. The fourth-order valence-electron chi connectivity index (χ4n) is 5.86. The van der Waals surface area contributed by atoms with E-state index in [1.165, 1.54) is 0 Å². The van der Waals surface area contributed by atoms with E-state index in [2.05, 4.69) is 34.4 Å². The molecular weight excluding hydrogens is 596 g/mol. The minimum atomic E-state index is -3.98. The topological polar surface area (TPSA) is 108 Å². The number of benzene rings is 4. The van der Waals surface area contributed by atoms with Crippen molar-refractivity contribution >= 4 is 32.6 Å². The quantitative estimate of drug-likeness (QED) is 0.149. The van der Waals surface area contributed by atoms with Crippen LogP contribution in [0.2, 0.25) is 0 Å². The molecule has 4 aromatic carbocycles. The van der Waals surface area contributed by atoms with Crippen molar-refractivity contribution in [2.45, 2.75) is 69.0 Å². The van der Waals surface area contributed by atoms with E-state index in [9.17, 15) is 18.0 Å². The van der Waals surface area contributed by atoms with Gasteiger partial charge in [-0.25, -0.2) is 13.1 Å². The second-order valence-corrected chi connectivity index (χ2v) is 13.7. The van der Waals surface area contributed by atoms with Crippen molar-refractivity contribution in [3.05, 3.63) is 114 Å². The molecule has 8 nitrogen and oxygen atoms in total. The molecule has 2 atom stereocenters. The molecule has 0 saturated carbocycles. The third-order valence-electron chi connectivity index (χ3n) is 8.47. The van der Waals surface area contributed by atoms with Crippen LogP contribution >= 0.6 is 0 Å². The number of carbonyl (C=O) groups is 2. The van der Waals surface area contributed by atoms with Crippen molar-refractivity contribution in [3.8, 4) is 0 Å². The lowest BCUT2D eigenvalue weighted by Crippen LogP contribution is -2.49. The minimum absolute atomic E-state index is 0.107. The van der Waals surface area contributed by atoms with Crippen molar-refractivity contribution < 1.29 is 18.0 Å². The zero-order valence-electron chi connectivity index (χ0n) is 26.5. The van der Waals surface area contributed by atoms with E-state index in [4.69, 9.17) is 0 Å². The van der Waals surface area contributed by atoms with Crippen LogP contribution in [0.1, 0.15) is 61.8 Å². The smallest absolute Gasteiger partial charge is 0.245 e. The molecule has 242 valence electrons. The van der Waals surface area contributed by atoms with Crippen molar-refractivity contribution in [2.24, 2.45) is 0 Å². The summed E-state index contributed by atoms with van der Waals surface area (Å²) in [6, 6.07) is 28.2. The molecule has 1 saturated heterocycles. The molecule has 4 aromatic rings. The largest absolute Gasteiger partial charge is 0.344 e. The van der Waals surface area contributed by atoms with Gasteiger partial charge in [-0.1, -0.05) is 98.3 Å². The van der Waals surface area contributed by atoms with Crippen LogP contribution in [0, 0.1) is 0 Å². The summed E-state index contributed by atoms with van der Waals surface area (Å²) in [7, 11) is -3.98. The van der Waals surface area contributed by atoms with Gasteiger partial charge in [0.15, 0.2) is 0 Å². The van der Waals surface area contributed by atoms with Crippen LogP contribution in [-0.4, -0.2) is 50.8 Å². The molecule has 0 radical (unpaired) electrons. The molecule has 9 heteroatoms. The molecule has 0 aromatic heterocycles. The van der Waals surface area contributed by atoms with Crippen molar-refractivity contribution in [3.63, 3.8) is 0 Å². The maximum Gasteiger partial charge on any atom is 0.245 e. The zero-order valence-corrected chi connectivity index (χ0v) is 27.3. The van der Waals surface area contributed by atoms with Crippen LogP contribution in [0.15, 0.2) is 102 Å². The highest BCUT2D eigenvalue weighted by atomic mass is 32.2. The summed E-state index contributed by atoms with van der Waals surface area (Å²) in [4.78, 5) is 29.2. The van der Waals surface area contributed by atoms with E-state index >= 15 is 0 Å². The van der Waals surface area contributed by atoms with Crippen molar-refractivity contribution in [1.82, 2.24) is 20.3 Å². The fraction of sp³-hybridized carbons (Fsp3) is 0.351. The van der Waals surface area contributed by atoms with Gasteiger partial charge in [-0.2, -0.15) is 0 Å². The second-order valence-electron chi connectivity index (χ2n) is 12.0. The number of sulfonamides is 1. The summed E-state index contributed by atoms with van der Waals surface area (Å²) in [6.07, 6.45) is 4.35. The molecule has 1 aliphatic heterocycles. The third-order valence-corrected chi connectivity index (χ3v) is 9.94. The maximum absolute atomic E-state index is 13.6. The van der Waals surface area contributed by atoms with Crippen molar-refractivity contribution in [2.75, 3.05) is 19.6 Å². The average Bonchev–Trinajstić information content (AvgIpc) is 3.62. The molecule has 0 spiro atoms. The molecule has 0 aliphatic carbocycles. The first-order chi connectivity index (χ1) is 22.3. The van der Waals surface area contributed by atoms with Gasteiger partial charge in [0.1, 0.15) is 6.04 Å². The highest BCUT2D eigenvalue weighted by Crippen LogP contribution is 2.24. The second kappa shape index (κ2) is 16.0. The molecule has 2 unspecified atom stereocenters. The van der Waals surface area contributed by atoms with E-state index in [-0.39, 0.29) is 17.2 Å². The molecule has 1 fully saturated rings. The highest BCUT2D eigenvalue weighted by Gasteiger charge is 2.30. The Morgan fingerprint density at radius 1 is 0.826 bits per heavy atom. The van der Waals surface area contributed by atoms with Gasteiger partial charge < -0.3 is 15.5 Å². The van der Waals surface area contributed by atoms with E-state index in [0.717, 1.165) is 60.7 Å². The van der Waals surface area contributed by atoms with Crippen LogP contribution < -0.4 is 15.4 Å². The Labute approximate surface area is 272 Å². The van der Waals surface area contributed by atoms with Crippen LogP contribution in [0.3, 0.4) is 0 Å². The Morgan fingerprint density at radius 2 is 1.50 bits per heavy atom. The Bertz CT molecular complexity index is 1700. The summed E-state index contributed by atoms with van der Waals surface area (Å²) in [5.74, 6) is -0.506. The van der Waals surface area contributed by atoms with Gasteiger partial charge in [-0.05, 0) is 65.4 Å². The van der Waals surface area contributed by atoms with E-state index in [1.54, 1.807) is 30.3 Å². The number of hydrogen-bond acceptors (Lipinski definition) is 5. The predicted octanol–water partition coefficient (Wildman–Crippen LogP) is 5.49. The molecule has 5 rings (SSSR count). The van der Waals surface area contributed by atoms with E-state index in [0.29, 0.717) is 25.1 Å². The van der Waals surface area contributed by atoms with Gasteiger partial charge in [0, 0.05) is 32.5 Å². The normalized spacial score (nSPS) is 14.7. The summed E-state index contributed by atoms with van der Waals surface area (Å²) in [5.41, 5.74) is 2.77. The minimum Gasteiger partial charge on any atom is -0.344 e. The summed E-state index contributed by atoms with van der Waals surface area (Å²) in [6.45, 7) is 5.27. The van der Waals surface area contributed by atoms with Crippen LogP contribution in [0.25, 0.3) is 10.8 Å². The molecule has 0 bridgehead atoms. The van der Waals surface area contributed by atoms with Gasteiger partial charge in [0.2, 0.25) is 21.8 Å². The number of rotatable bonds is 15. The number of unbranched alkanes of at least 4 members (excludes halogenated alkanes) is 1. The van der Waals surface area contributed by atoms with Gasteiger partial charge in [0.25, 0.3) is 0 Å². The number of amides is 2. The number of likely N-dealkylation sites (tertiary alicyclic amines) is 1. The first-order valence-corrected chi connectivity index (χ1v) is 17.7. The predicted molar refractivity (Wildman–Crippen MR) is 183 cm³/mol. The SMILES string of the molecule is CCCCNCc1ccc(CC(NC(=O)CC(NS(=O)(=O)c2ccc3ccccc3c2)c2ccccc2)C(=O)N2CCCC2)cc1. The molecule has 46 heavy (non-hydrogen) atoms. The number of hydrogen-bond donors (Lipinski definition) is 3. The highest BCUT2D eigenvalue weighted by molar-refractivity contribution is 7.89. The van der Waals surface area contributed by atoms with E-state index in [1.807, 2.05) is 59.5 Å². The van der Waals surface area contributed by atoms with Crippen LogP contribution in [0.4, 0.5) is 0 Å². The van der Waals surface area contributed by atoms with Gasteiger partial charge >= 0.3 is 0 Å². The molecule has 2 amide bonds. The lowest BCUT2D eigenvalue weighted by molar-refractivity contribution is -0.135. The maximum atomic E-state index is 13.6. The summed E-state index contributed by atoms with van der Waals surface area (Å²) < 4.78 is 30.0. The first-order valence-electron chi connectivity index (χ1n) is 16.2. The zero-order chi connectivity index (χ0) is 32.4. The summed E-state index contributed by atoms with van der Waals surface area (Å²) >= 11 is 0. The Morgan fingerprint density at radius 3 is 2.22 bits per heavy atom. The average molecular weight is 641 g/mol. The molecular formula is C37H44N4O4S. The lowest BCUT2D eigenvalue weighted by Gasteiger charge is -2.26. The van der Waals surface area contributed by atoms with Crippen LogP contribution in [-0.2, 0) is 32.6 Å². The molecule has 3 N–H and O–H groups in total. The van der Waals surface area contributed by atoms with E-state index < -0.39 is 28.0 Å². The standard InChI is InChI=1S/C37H44N4O4S/c1-2-3-21-38-27-29-17-15-28(16-18-29)24-35(37(43)41-22-9-10-23-41)39-36(42)26-34(31-12-5-4-6-13-31)40-46(44,45)33-20-19-30-11-7-8-14-32(30)25-33/h4-8,11-20,25,34-35,38,40H,2-3,9-10,21-24,26-27H2,1H3,(H,39,42). The fourth-order valence-corrected chi connectivity index (χ4v) is 7.12. The summed E-state index contributed by atoms with van der Waals surface area (Å²) in [5, 5.41) is 8.17. The Balaban J connectivity index is 1.32. The number of nitrogens with zero attached hydrogens (tertiary/aromatic N) is 1. The number of fused-ring (bicyclic) bond motifs is 1. The Hall–Kier alpha value is -4.05. The number of carbonyl (C=O) groups excluding carboxylic acids is 2. The van der Waals surface area contributed by atoms with Crippen molar-refractivity contribution in [1.29, 1.82) is 0 Å². The van der Waals surface area contributed by atoms with Gasteiger partial charge in [-0.3, -0.25) is 9.59 Å². The van der Waals surface area contributed by atoms with Gasteiger partial charge in [-0.15, -0.1) is 0 Å². The molecule has 1 aliphatic rings. The van der Waals surface area contributed by atoms with Crippen LogP contribution in [0.5, 0.6) is 0 Å². The number of nitrogens with one attached hydrogen (secondary N) is 3. The van der Waals surface area contributed by atoms with Gasteiger partial charge in [0.05, 0.1) is 10.9 Å². The Kier molecular flexibility index (Phi) is 11.6. The third kappa shape index (κ3) is 9.02. The monoisotopic (exact) mass is 640 g/mol.